The second-order valence-electron chi connectivity index (χ2n) is 8.05. The third-order valence-corrected chi connectivity index (χ3v) is 5.90. The number of carbonyl (C=O) groups excluding carboxylic acids is 2. The minimum atomic E-state index is -1.07. The van der Waals surface area contributed by atoms with Crippen LogP contribution < -0.4 is 10.6 Å². The van der Waals surface area contributed by atoms with Crippen molar-refractivity contribution in [2.45, 2.75) is 18.9 Å². The van der Waals surface area contributed by atoms with Crippen LogP contribution in [0.2, 0.25) is 0 Å². The Kier molecular flexibility index (Phi) is 5.41. The van der Waals surface area contributed by atoms with Crippen molar-refractivity contribution in [3.8, 4) is 5.69 Å². The van der Waals surface area contributed by atoms with Crippen molar-refractivity contribution >= 4 is 17.6 Å². The fourth-order valence-electron chi connectivity index (χ4n) is 4.33. The molecule has 1 aromatic heterocycles. The van der Waals surface area contributed by atoms with Crippen LogP contribution >= 0.6 is 0 Å². The van der Waals surface area contributed by atoms with Gasteiger partial charge < -0.3 is 10.6 Å². The van der Waals surface area contributed by atoms with Gasteiger partial charge in [-0.3, -0.25) is 9.59 Å². The highest BCUT2D eigenvalue weighted by molar-refractivity contribution is 6.04. The fourth-order valence-corrected chi connectivity index (χ4v) is 4.33. The zero-order valence-electron chi connectivity index (χ0n) is 18.1. The van der Waals surface area contributed by atoms with Gasteiger partial charge in [-0.15, -0.1) is 0 Å². The van der Waals surface area contributed by atoms with Gasteiger partial charge in [0, 0.05) is 17.0 Å². The molecule has 4 aromatic rings. The zero-order valence-corrected chi connectivity index (χ0v) is 18.1. The number of nitrogens with zero attached hydrogens (tertiary/aromatic N) is 2. The second kappa shape index (κ2) is 8.55. The first-order valence-corrected chi connectivity index (χ1v) is 10.7. The summed E-state index contributed by atoms with van der Waals surface area (Å²) in [6.45, 7) is 1.78. The number of rotatable bonds is 4. The molecule has 2 amide bonds. The maximum Gasteiger partial charge on any atom is 0.251 e. The minimum Gasteiger partial charge on any atom is -0.339 e. The molecule has 1 aliphatic heterocycles. The number of benzene rings is 3. The number of para-hydroxylation sites is 1. The number of aryl methyl sites for hydroxylation is 1. The standard InChI is InChI=1S/C26H20F2N4O2/c1-15-21-22(17-12-13-19(27)20(28)14-17)23(29-25(33)16-8-4-2-5-9-16)26(34)30-24(21)32(31-15)18-10-6-3-7-11-18/h2-14,22-23H,1H3,(H,29,33)(H,30,34). The molecular weight excluding hydrogens is 438 g/mol. The SMILES string of the molecule is Cc1nn(-c2ccccc2)c2c1C(c1ccc(F)c(F)c1)C(NC(=O)c1ccccc1)C(=O)N2. The number of fused-ring (bicyclic) bond motifs is 1. The van der Waals surface area contributed by atoms with E-state index in [4.69, 9.17) is 0 Å². The summed E-state index contributed by atoms with van der Waals surface area (Å²) in [5, 5.41) is 10.2. The van der Waals surface area contributed by atoms with Crippen LogP contribution in [0.3, 0.4) is 0 Å². The van der Waals surface area contributed by atoms with E-state index in [0.717, 1.165) is 17.8 Å². The summed E-state index contributed by atoms with van der Waals surface area (Å²) >= 11 is 0. The van der Waals surface area contributed by atoms with E-state index >= 15 is 0 Å². The van der Waals surface area contributed by atoms with Gasteiger partial charge in [0.25, 0.3) is 5.91 Å². The lowest BCUT2D eigenvalue weighted by atomic mass is 9.81. The molecule has 0 radical (unpaired) electrons. The molecule has 0 bridgehead atoms. The molecule has 0 aliphatic carbocycles. The van der Waals surface area contributed by atoms with Gasteiger partial charge in [0.15, 0.2) is 11.6 Å². The summed E-state index contributed by atoms with van der Waals surface area (Å²) in [6.07, 6.45) is 0. The summed E-state index contributed by atoms with van der Waals surface area (Å²) in [4.78, 5) is 26.3. The Morgan fingerprint density at radius 1 is 0.971 bits per heavy atom. The molecule has 6 nitrogen and oxygen atoms in total. The summed E-state index contributed by atoms with van der Waals surface area (Å²) in [7, 11) is 0. The van der Waals surface area contributed by atoms with Crippen molar-refractivity contribution in [1.29, 1.82) is 0 Å². The number of hydrogen-bond acceptors (Lipinski definition) is 3. The summed E-state index contributed by atoms with van der Waals surface area (Å²) in [5.74, 6) is -3.33. The lowest BCUT2D eigenvalue weighted by molar-refractivity contribution is -0.118. The van der Waals surface area contributed by atoms with Gasteiger partial charge in [0.05, 0.1) is 11.4 Å². The smallest absolute Gasteiger partial charge is 0.251 e. The van der Waals surface area contributed by atoms with E-state index < -0.39 is 35.4 Å². The third kappa shape index (κ3) is 3.73. The number of anilines is 1. The Bertz CT molecular complexity index is 1390. The fraction of sp³-hybridized carbons (Fsp3) is 0.115. The predicted molar refractivity (Wildman–Crippen MR) is 123 cm³/mol. The molecule has 2 atom stereocenters. The number of carbonyl (C=O) groups is 2. The van der Waals surface area contributed by atoms with Crippen molar-refractivity contribution < 1.29 is 18.4 Å². The van der Waals surface area contributed by atoms with Gasteiger partial charge in [0.1, 0.15) is 11.9 Å². The molecule has 2 unspecified atom stereocenters. The van der Waals surface area contributed by atoms with E-state index in [2.05, 4.69) is 15.7 Å². The first-order valence-electron chi connectivity index (χ1n) is 10.7. The van der Waals surface area contributed by atoms with Crippen molar-refractivity contribution in [2.24, 2.45) is 0 Å². The number of aromatic nitrogens is 2. The highest BCUT2D eigenvalue weighted by Crippen LogP contribution is 2.41. The van der Waals surface area contributed by atoms with Crippen LogP contribution in [-0.2, 0) is 4.79 Å². The maximum atomic E-state index is 14.2. The molecule has 0 saturated carbocycles. The summed E-state index contributed by atoms with van der Waals surface area (Å²) < 4.78 is 29.6. The maximum absolute atomic E-state index is 14.2. The summed E-state index contributed by atoms with van der Waals surface area (Å²) in [5.41, 5.74) is 2.66. The Morgan fingerprint density at radius 3 is 2.32 bits per heavy atom. The van der Waals surface area contributed by atoms with Crippen LogP contribution in [0.5, 0.6) is 0 Å². The Hall–Kier alpha value is -4.33. The van der Waals surface area contributed by atoms with Crippen LogP contribution in [0.25, 0.3) is 5.69 Å². The van der Waals surface area contributed by atoms with Gasteiger partial charge in [-0.25, -0.2) is 13.5 Å². The van der Waals surface area contributed by atoms with Crippen LogP contribution in [0.1, 0.15) is 33.1 Å². The minimum absolute atomic E-state index is 0.351. The first kappa shape index (κ1) is 21.5. The van der Waals surface area contributed by atoms with Crippen molar-refractivity contribution in [3.63, 3.8) is 0 Å². The van der Waals surface area contributed by atoms with Crippen LogP contribution in [0.4, 0.5) is 14.6 Å². The molecular formula is C26H20F2N4O2. The van der Waals surface area contributed by atoms with E-state index in [1.807, 2.05) is 30.3 Å². The molecule has 2 heterocycles. The van der Waals surface area contributed by atoms with E-state index in [1.165, 1.54) is 6.07 Å². The van der Waals surface area contributed by atoms with Gasteiger partial charge in [0.2, 0.25) is 5.91 Å². The second-order valence-corrected chi connectivity index (χ2v) is 8.05. The normalized spacial score (nSPS) is 17.1. The Balaban J connectivity index is 1.65. The molecule has 0 fully saturated rings. The number of nitrogens with one attached hydrogen (secondary N) is 2. The van der Waals surface area contributed by atoms with E-state index in [0.29, 0.717) is 28.2 Å². The highest BCUT2D eigenvalue weighted by Gasteiger charge is 2.42. The van der Waals surface area contributed by atoms with Gasteiger partial charge in [-0.2, -0.15) is 5.10 Å². The predicted octanol–water partition coefficient (Wildman–Crippen LogP) is 4.34. The van der Waals surface area contributed by atoms with Crippen LogP contribution in [-0.4, -0.2) is 27.6 Å². The van der Waals surface area contributed by atoms with Crippen molar-refractivity contribution in [1.82, 2.24) is 15.1 Å². The van der Waals surface area contributed by atoms with Gasteiger partial charge >= 0.3 is 0 Å². The van der Waals surface area contributed by atoms with Crippen LogP contribution in [0, 0.1) is 18.6 Å². The van der Waals surface area contributed by atoms with Crippen LogP contribution in [0.15, 0.2) is 78.9 Å². The topological polar surface area (TPSA) is 76.0 Å². The molecule has 34 heavy (non-hydrogen) atoms. The molecule has 8 heteroatoms. The Morgan fingerprint density at radius 2 is 1.65 bits per heavy atom. The van der Waals surface area contributed by atoms with Crippen molar-refractivity contribution in [3.05, 3.63) is 113 Å². The van der Waals surface area contributed by atoms with E-state index in [9.17, 15) is 18.4 Å². The first-order chi connectivity index (χ1) is 16.4. The Labute approximate surface area is 194 Å². The third-order valence-electron chi connectivity index (χ3n) is 5.90. The van der Waals surface area contributed by atoms with Gasteiger partial charge in [-0.05, 0) is 48.9 Å². The van der Waals surface area contributed by atoms with Gasteiger partial charge in [-0.1, -0.05) is 42.5 Å². The molecule has 170 valence electrons. The average molecular weight is 458 g/mol. The van der Waals surface area contributed by atoms with E-state index in [1.54, 1.807) is 41.9 Å². The molecule has 3 aromatic carbocycles. The van der Waals surface area contributed by atoms with E-state index in [-0.39, 0.29) is 0 Å². The lowest BCUT2D eigenvalue weighted by Gasteiger charge is -2.33. The summed E-state index contributed by atoms with van der Waals surface area (Å²) in [6, 6.07) is 20.1. The number of hydrogen-bond donors (Lipinski definition) is 2. The number of halogens is 2. The molecule has 1 aliphatic rings. The molecule has 2 N–H and O–H groups in total. The lowest BCUT2D eigenvalue weighted by Crippen LogP contribution is -2.50. The molecule has 0 spiro atoms. The quantitative estimate of drug-likeness (QED) is 0.478. The van der Waals surface area contributed by atoms with Crippen molar-refractivity contribution in [2.75, 3.05) is 5.32 Å². The largest absolute Gasteiger partial charge is 0.339 e. The molecule has 5 rings (SSSR count). The highest BCUT2D eigenvalue weighted by atomic mass is 19.2. The molecule has 0 saturated heterocycles. The average Bonchev–Trinajstić information content (AvgIpc) is 3.18. The monoisotopic (exact) mass is 458 g/mol. The zero-order chi connectivity index (χ0) is 23.8. The number of amides is 2.